The maximum atomic E-state index is 13.8. The van der Waals surface area contributed by atoms with E-state index in [1.807, 2.05) is 4.90 Å². The number of rotatable bonds is 6. The highest BCUT2D eigenvalue weighted by Crippen LogP contribution is 2.24. The third-order valence-corrected chi connectivity index (χ3v) is 4.36. The molecule has 2 aliphatic heterocycles. The van der Waals surface area contributed by atoms with Crippen molar-refractivity contribution in [1.82, 2.24) is 5.32 Å². The Bertz CT molecular complexity index is 579. The standard InChI is InChI=1S/C17H22F2N2O3/c18-12-3-4-16(15(19)8-12)21-6-5-13(9-21)20-17(22)11-23-10-14-2-1-7-24-14/h3-4,8,13-14H,1-2,5-7,9-11H2,(H,20,22)/t13-,14-/m0/s1. The van der Waals surface area contributed by atoms with Crippen molar-refractivity contribution in [2.75, 3.05) is 37.8 Å². The van der Waals surface area contributed by atoms with Gasteiger partial charge in [0.05, 0.1) is 18.4 Å². The minimum Gasteiger partial charge on any atom is -0.376 e. The molecule has 1 N–H and O–H groups in total. The van der Waals surface area contributed by atoms with Gasteiger partial charge in [0.1, 0.15) is 18.2 Å². The summed E-state index contributed by atoms with van der Waals surface area (Å²) in [5, 5.41) is 2.89. The summed E-state index contributed by atoms with van der Waals surface area (Å²) in [5.74, 6) is -1.36. The number of anilines is 1. The monoisotopic (exact) mass is 340 g/mol. The number of nitrogens with one attached hydrogen (secondary N) is 1. The molecule has 2 saturated heterocycles. The van der Waals surface area contributed by atoms with Gasteiger partial charge in [0.2, 0.25) is 5.91 Å². The van der Waals surface area contributed by atoms with Crippen molar-refractivity contribution in [2.45, 2.75) is 31.4 Å². The van der Waals surface area contributed by atoms with Crippen molar-refractivity contribution in [3.63, 3.8) is 0 Å². The first-order chi connectivity index (χ1) is 11.6. The van der Waals surface area contributed by atoms with Crippen molar-refractivity contribution in [2.24, 2.45) is 0 Å². The molecule has 0 saturated carbocycles. The van der Waals surface area contributed by atoms with Gasteiger partial charge >= 0.3 is 0 Å². The molecule has 2 atom stereocenters. The van der Waals surface area contributed by atoms with E-state index in [1.165, 1.54) is 12.1 Å². The molecule has 2 aliphatic rings. The zero-order valence-electron chi connectivity index (χ0n) is 13.5. The third kappa shape index (κ3) is 4.42. The zero-order chi connectivity index (χ0) is 16.9. The van der Waals surface area contributed by atoms with Gasteiger partial charge in [0, 0.05) is 31.8 Å². The highest BCUT2D eigenvalue weighted by molar-refractivity contribution is 5.77. The molecule has 7 heteroatoms. The lowest BCUT2D eigenvalue weighted by atomic mass is 10.2. The van der Waals surface area contributed by atoms with Gasteiger partial charge in [-0.1, -0.05) is 0 Å². The highest BCUT2D eigenvalue weighted by Gasteiger charge is 2.26. The Kier molecular flexibility index (Phi) is 5.63. The van der Waals surface area contributed by atoms with E-state index in [0.717, 1.165) is 25.5 Å². The molecule has 2 fully saturated rings. The summed E-state index contributed by atoms with van der Waals surface area (Å²) in [7, 11) is 0. The number of benzene rings is 1. The van der Waals surface area contributed by atoms with Gasteiger partial charge in [-0.2, -0.15) is 0 Å². The second-order valence-corrected chi connectivity index (χ2v) is 6.25. The number of carbonyl (C=O) groups is 1. The summed E-state index contributed by atoms with van der Waals surface area (Å²) in [5.41, 5.74) is 0.364. The first-order valence-electron chi connectivity index (χ1n) is 8.30. The van der Waals surface area contributed by atoms with Gasteiger partial charge in [-0.3, -0.25) is 4.79 Å². The van der Waals surface area contributed by atoms with Crippen LogP contribution in [-0.4, -0.2) is 51.0 Å². The van der Waals surface area contributed by atoms with E-state index in [0.29, 0.717) is 31.8 Å². The van der Waals surface area contributed by atoms with E-state index in [2.05, 4.69) is 5.32 Å². The van der Waals surface area contributed by atoms with Gasteiger partial charge < -0.3 is 19.7 Å². The number of halogens is 2. The van der Waals surface area contributed by atoms with Crippen LogP contribution in [0.5, 0.6) is 0 Å². The SMILES string of the molecule is O=C(COC[C@@H]1CCCO1)N[C@H]1CCN(c2ccc(F)cc2F)C1. The molecule has 3 rings (SSSR count). The molecule has 0 spiro atoms. The summed E-state index contributed by atoms with van der Waals surface area (Å²) in [6.45, 7) is 2.31. The Morgan fingerprint density at radius 2 is 2.25 bits per heavy atom. The molecule has 24 heavy (non-hydrogen) atoms. The number of amides is 1. The minimum atomic E-state index is -0.594. The molecule has 5 nitrogen and oxygen atoms in total. The molecule has 132 valence electrons. The van der Waals surface area contributed by atoms with Crippen LogP contribution in [0.3, 0.4) is 0 Å². The molecule has 2 heterocycles. The zero-order valence-corrected chi connectivity index (χ0v) is 13.5. The second-order valence-electron chi connectivity index (χ2n) is 6.25. The normalized spacial score (nSPS) is 23.7. The predicted octanol–water partition coefficient (Wildman–Crippen LogP) is 1.86. The number of carbonyl (C=O) groups excluding carboxylic acids is 1. The van der Waals surface area contributed by atoms with Crippen LogP contribution in [0, 0.1) is 11.6 Å². The summed E-state index contributed by atoms with van der Waals surface area (Å²) in [6.07, 6.45) is 2.83. The van der Waals surface area contributed by atoms with Crippen LogP contribution in [0.1, 0.15) is 19.3 Å². The van der Waals surface area contributed by atoms with E-state index in [9.17, 15) is 13.6 Å². The van der Waals surface area contributed by atoms with Gasteiger partial charge in [-0.15, -0.1) is 0 Å². The van der Waals surface area contributed by atoms with Crippen molar-refractivity contribution in [3.05, 3.63) is 29.8 Å². The first-order valence-corrected chi connectivity index (χ1v) is 8.30. The number of nitrogens with zero attached hydrogens (tertiary/aromatic N) is 1. The van der Waals surface area contributed by atoms with E-state index >= 15 is 0 Å². The number of hydrogen-bond acceptors (Lipinski definition) is 4. The lowest BCUT2D eigenvalue weighted by molar-refractivity contribution is -0.127. The second kappa shape index (κ2) is 7.90. The van der Waals surface area contributed by atoms with Crippen LogP contribution in [0.2, 0.25) is 0 Å². The lowest BCUT2D eigenvalue weighted by Crippen LogP contribution is -2.39. The number of hydrogen-bond donors (Lipinski definition) is 1. The van der Waals surface area contributed by atoms with Crippen LogP contribution >= 0.6 is 0 Å². The molecule has 1 aromatic rings. The van der Waals surface area contributed by atoms with Crippen molar-refractivity contribution in [1.29, 1.82) is 0 Å². The smallest absolute Gasteiger partial charge is 0.246 e. The van der Waals surface area contributed by atoms with Gasteiger partial charge in [0.25, 0.3) is 0 Å². The molecule has 0 radical (unpaired) electrons. The Morgan fingerprint density at radius 1 is 1.38 bits per heavy atom. The maximum Gasteiger partial charge on any atom is 0.246 e. The summed E-state index contributed by atoms with van der Waals surface area (Å²) >= 11 is 0. The van der Waals surface area contributed by atoms with E-state index in [1.54, 1.807) is 0 Å². The maximum absolute atomic E-state index is 13.8. The van der Waals surface area contributed by atoms with E-state index in [-0.39, 0.29) is 24.7 Å². The summed E-state index contributed by atoms with van der Waals surface area (Å²) in [6, 6.07) is 3.48. The molecule has 1 amide bonds. The summed E-state index contributed by atoms with van der Waals surface area (Å²) < 4.78 is 37.6. The largest absolute Gasteiger partial charge is 0.376 e. The quantitative estimate of drug-likeness (QED) is 0.859. The van der Waals surface area contributed by atoms with Crippen LogP contribution in [0.4, 0.5) is 14.5 Å². The van der Waals surface area contributed by atoms with E-state index in [4.69, 9.17) is 9.47 Å². The molecular formula is C17H22F2N2O3. The van der Waals surface area contributed by atoms with Crippen LogP contribution in [0.15, 0.2) is 18.2 Å². The predicted molar refractivity (Wildman–Crippen MR) is 84.9 cm³/mol. The fourth-order valence-corrected chi connectivity index (χ4v) is 3.16. The highest BCUT2D eigenvalue weighted by atomic mass is 19.1. The van der Waals surface area contributed by atoms with Crippen molar-refractivity contribution < 1.29 is 23.0 Å². The van der Waals surface area contributed by atoms with E-state index < -0.39 is 11.6 Å². The van der Waals surface area contributed by atoms with Crippen molar-refractivity contribution in [3.8, 4) is 0 Å². The molecule has 0 bridgehead atoms. The summed E-state index contributed by atoms with van der Waals surface area (Å²) in [4.78, 5) is 13.7. The Morgan fingerprint density at radius 3 is 3.00 bits per heavy atom. The minimum absolute atomic E-state index is 0.00126. The van der Waals surface area contributed by atoms with Crippen LogP contribution in [-0.2, 0) is 14.3 Å². The number of ether oxygens (including phenoxy) is 2. The van der Waals surface area contributed by atoms with Crippen molar-refractivity contribution >= 4 is 11.6 Å². The fraction of sp³-hybridized carbons (Fsp3) is 0.588. The first kappa shape index (κ1) is 17.1. The van der Waals surface area contributed by atoms with Gasteiger partial charge in [-0.05, 0) is 31.4 Å². The van der Waals surface area contributed by atoms with Gasteiger partial charge in [-0.25, -0.2) is 8.78 Å². The average Bonchev–Trinajstić information content (AvgIpc) is 3.19. The Labute approximate surface area is 139 Å². The molecular weight excluding hydrogens is 318 g/mol. The third-order valence-electron chi connectivity index (χ3n) is 4.36. The topological polar surface area (TPSA) is 50.8 Å². The molecule has 0 aromatic heterocycles. The Balaban J connectivity index is 1.41. The molecule has 0 unspecified atom stereocenters. The van der Waals surface area contributed by atoms with Gasteiger partial charge in [0.15, 0.2) is 0 Å². The molecule has 1 aromatic carbocycles. The molecule has 0 aliphatic carbocycles. The van der Waals surface area contributed by atoms with Crippen LogP contribution in [0.25, 0.3) is 0 Å². The fourth-order valence-electron chi connectivity index (χ4n) is 3.16. The van der Waals surface area contributed by atoms with Crippen LogP contribution < -0.4 is 10.2 Å². The average molecular weight is 340 g/mol. The lowest BCUT2D eigenvalue weighted by Gasteiger charge is -2.19. The Hall–Kier alpha value is -1.73.